The molecule has 0 fully saturated rings. The highest BCUT2D eigenvalue weighted by Crippen LogP contribution is 2.22. The third kappa shape index (κ3) is 4.29. The van der Waals surface area contributed by atoms with Gasteiger partial charge in [-0.3, -0.25) is 14.5 Å². The molecule has 2 amide bonds. The summed E-state index contributed by atoms with van der Waals surface area (Å²) in [7, 11) is 1.94. The molecule has 26 heavy (non-hydrogen) atoms. The van der Waals surface area contributed by atoms with Gasteiger partial charge in [0.15, 0.2) is 0 Å². The van der Waals surface area contributed by atoms with Gasteiger partial charge < -0.3 is 4.90 Å². The summed E-state index contributed by atoms with van der Waals surface area (Å²) in [5, 5.41) is 0. The summed E-state index contributed by atoms with van der Waals surface area (Å²) < 4.78 is 13.7. The molecular weight excluding hydrogens is 355 g/mol. The van der Waals surface area contributed by atoms with Crippen molar-refractivity contribution in [3.05, 3.63) is 71.0 Å². The van der Waals surface area contributed by atoms with Gasteiger partial charge in [0, 0.05) is 18.7 Å². The Morgan fingerprint density at radius 3 is 2.12 bits per heavy atom. The summed E-state index contributed by atoms with van der Waals surface area (Å²) >= 11 is 0. The first kappa shape index (κ1) is 20.1. The summed E-state index contributed by atoms with van der Waals surface area (Å²) in [6, 6.07) is 13.7. The Bertz CT molecular complexity index is 762. The van der Waals surface area contributed by atoms with E-state index in [0.717, 1.165) is 19.4 Å². The van der Waals surface area contributed by atoms with Crippen LogP contribution >= 0.6 is 12.4 Å². The zero-order valence-electron chi connectivity index (χ0n) is 14.7. The molecule has 0 saturated carbocycles. The largest absolute Gasteiger partial charge is 0.302 e. The van der Waals surface area contributed by atoms with E-state index < -0.39 is 0 Å². The molecule has 4 nitrogen and oxygen atoms in total. The van der Waals surface area contributed by atoms with Crippen LogP contribution in [0, 0.1) is 5.82 Å². The van der Waals surface area contributed by atoms with Gasteiger partial charge in [-0.25, -0.2) is 4.39 Å². The van der Waals surface area contributed by atoms with Crippen molar-refractivity contribution in [1.82, 2.24) is 9.80 Å². The highest BCUT2D eigenvalue weighted by molar-refractivity contribution is 6.21. The second kappa shape index (κ2) is 8.92. The van der Waals surface area contributed by atoms with Gasteiger partial charge in [-0.15, -0.1) is 12.4 Å². The van der Waals surface area contributed by atoms with Crippen molar-refractivity contribution < 1.29 is 14.0 Å². The molecule has 1 aliphatic heterocycles. The fourth-order valence-electron chi connectivity index (χ4n) is 3.09. The molecule has 2 aromatic rings. The lowest BCUT2D eigenvalue weighted by Crippen LogP contribution is -2.31. The predicted molar refractivity (Wildman–Crippen MR) is 101 cm³/mol. The average Bonchev–Trinajstić information content (AvgIpc) is 2.86. The maximum Gasteiger partial charge on any atom is 0.261 e. The van der Waals surface area contributed by atoms with Crippen LogP contribution in [0.5, 0.6) is 0 Å². The molecule has 1 heterocycles. The number of unbranched alkanes of at least 4 members (excludes halogenated alkanes) is 1. The first-order chi connectivity index (χ1) is 12.1. The monoisotopic (exact) mass is 376 g/mol. The molecule has 3 rings (SSSR count). The van der Waals surface area contributed by atoms with Gasteiger partial charge in [0.1, 0.15) is 5.82 Å². The summed E-state index contributed by atoms with van der Waals surface area (Å²) in [5.74, 6) is -0.610. The van der Waals surface area contributed by atoms with E-state index in [1.54, 1.807) is 36.4 Å². The number of amides is 2. The minimum absolute atomic E-state index is 0. The maximum atomic E-state index is 13.7. The third-order valence-corrected chi connectivity index (χ3v) is 4.45. The minimum Gasteiger partial charge on any atom is -0.302 e. The van der Waals surface area contributed by atoms with Crippen molar-refractivity contribution in [2.24, 2.45) is 0 Å². The lowest BCUT2D eigenvalue weighted by Gasteiger charge is -2.18. The molecule has 0 bridgehead atoms. The molecule has 0 atom stereocenters. The quantitative estimate of drug-likeness (QED) is 0.545. The van der Waals surface area contributed by atoms with Gasteiger partial charge in [0.25, 0.3) is 11.8 Å². The minimum atomic E-state index is -0.208. The molecule has 138 valence electrons. The number of hydrogen-bond donors (Lipinski definition) is 0. The number of benzene rings is 2. The summed E-state index contributed by atoms with van der Waals surface area (Å²) in [6.45, 7) is 1.73. The van der Waals surface area contributed by atoms with Gasteiger partial charge >= 0.3 is 0 Å². The second-order valence-corrected chi connectivity index (χ2v) is 6.34. The smallest absolute Gasteiger partial charge is 0.261 e. The molecule has 0 aliphatic carbocycles. The van der Waals surface area contributed by atoms with Crippen LogP contribution in [0.25, 0.3) is 0 Å². The Morgan fingerprint density at radius 1 is 0.923 bits per heavy atom. The Balaban J connectivity index is 0.00000243. The fraction of sp³-hybridized carbons (Fsp3) is 0.300. The van der Waals surface area contributed by atoms with Crippen molar-refractivity contribution in [1.29, 1.82) is 0 Å². The SMILES string of the molecule is CN(CCCCN1C(=O)c2ccccc2C1=O)Cc1ccccc1F.Cl. The van der Waals surface area contributed by atoms with Gasteiger partial charge in [-0.1, -0.05) is 30.3 Å². The van der Waals surface area contributed by atoms with Crippen LogP contribution < -0.4 is 0 Å². The van der Waals surface area contributed by atoms with E-state index in [9.17, 15) is 14.0 Å². The van der Waals surface area contributed by atoms with Crippen molar-refractivity contribution in [2.75, 3.05) is 20.1 Å². The molecular formula is C20H22ClFN2O2. The highest BCUT2D eigenvalue weighted by atomic mass is 35.5. The van der Waals surface area contributed by atoms with Crippen LogP contribution in [0.2, 0.25) is 0 Å². The van der Waals surface area contributed by atoms with Crippen LogP contribution in [-0.4, -0.2) is 41.8 Å². The van der Waals surface area contributed by atoms with Crippen LogP contribution in [0.3, 0.4) is 0 Å². The molecule has 0 N–H and O–H groups in total. The summed E-state index contributed by atoms with van der Waals surface area (Å²) in [4.78, 5) is 27.9. The number of carbonyl (C=O) groups excluding carboxylic acids is 2. The molecule has 1 aliphatic rings. The van der Waals surface area contributed by atoms with E-state index in [2.05, 4.69) is 0 Å². The van der Waals surface area contributed by atoms with Crippen LogP contribution in [0.4, 0.5) is 4.39 Å². The third-order valence-electron chi connectivity index (χ3n) is 4.45. The van der Waals surface area contributed by atoms with Crippen LogP contribution in [-0.2, 0) is 6.54 Å². The van der Waals surface area contributed by atoms with Crippen molar-refractivity contribution >= 4 is 24.2 Å². The molecule has 0 saturated heterocycles. The Morgan fingerprint density at radius 2 is 1.50 bits per heavy atom. The zero-order valence-corrected chi connectivity index (χ0v) is 15.5. The van der Waals surface area contributed by atoms with Gasteiger partial charge in [0.2, 0.25) is 0 Å². The molecule has 2 aromatic carbocycles. The van der Waals surface area contributed by atoms with Gasteiger partial charge in [0.05, 0.1) is 11.1 Å². The topological polar surface area (TPSA) is 40.6 Å². The zero-order chi connectivity index (χ0) is 17.8. The van der Waals surface area contributed by atoms with E-state index >= 15 is 0 Å². The Labute approximate surface area is 159 Å². The van der Waals surface area contributed by atoms with E-state index in [1.807, 2.05) is 18.0 Å². The number of imide groups is 1. The number of halogens is 2. The van der Waals surface area contributed by atoms with E-state index in [-0.39, 0.29) is 30.0 Å². The van der Waals surface area contributed by atoms with Crippen LogP contribution in [0.15, 0.2) is 48.5 Å². The van der Waals surface area contributed by atoms with Crippen LogP contribution in [0.1, 0.15) is 39.1 Å². The van der Waals surface area contributed by atoms with E-state index in [0.29, 0.717) is 29.8 Å². The second-order valence-electron chi connectivity index (χ2n) is 6.34. The molecule has 6 heteroatoms. The number of carbonyl (C=O) groups is 2. The van der Waals surface area contributed by atoms with Gasteiger partial charge in [-0.05, 0) is 44.6 Å². The molecule has 0 aromatic heterocycles. The lowest BCUT2D eigenvalue weighted by molar-refractivity contribution is 0.0650. The number of nitrogens with zero attached hydrogens (tertiary/aromatic N) is 2. The number of hydrogen-bond acceptors (Lipinski definition) is 3. The predicted octanol–water partition coefficient (Wildman–Crippen LogP) is 3.76. The number of rotatable bonds is 7. The highest BCUT2D eigenvalue weighted by Gasteiger charge is 2.34. The Kier molecular flexibility index (Phi) is 6.89. The lowest BCUT2D eigenvalue weighted by atomic mass is 10.1. The van der Waals surface area contributed by atoms with E-state index in [4.69, 9.17) is 0 Å². The Hall–Kier alpha value is -2.24. The van der Waals surface area contributed by atoms with Crippen molar-refractivity contribution in [3.8, 4) is 0 Å². The van der Waals surface area contributed by atoms with E-state index in [1.165, 1.54) is 11.0 Å². The standard InChI is InChI=1S/C20H21FN2O2.ClH/c1-22(14-15-8-2-5-11-18(15)21)12-6-7-13-23-19(24)16-9-3-4-10-17(16)20(23)25;/h2-5,8-11H,6-7,12-14H2,1H3;1H. The van der Waals surface area contributed by atoms with Crippen molar-refractivity contribution in [3.63, 3.8) is 0 Å². The van der Waals surface area contributed by atoms with Gasteiger partial charge in [-0.2, -0.15) is 0 Å². The summed E-state index contributed by atoms with van der Waals surface area (Å²) in [6.07, 6.45) is 1.56. The fourth-order valence-corrected chi connectivity index (χ4v) is 3.09. The first-order valence-corrected chi connectivity index (χ1v) is 8.45. The summed E-state index contributed by atoms with van der Waals surface area (Å²) in [5.41, 5.74) is 1.65. The van der Waals surface area contributed by atoms with Crippen molar-refractivity contribution in [2.45, 2.75) is 19.4 Å². The number of fused-ring (bicyclic) bond motifs is 1. The normalized spacial score (nSPS) is 13.1. The molecule has 0 spiro atoms. The maximum absolute atomic E-state index is 13.7. The first-order valence-electron chi connectivity index (χ1n) is 8.45. The average molecular weight is 377 g/mol. The molecule has 0 radical (unpaired) electrons. The molecule has 0 unspecified atom stereocenters.